The molecule has 4 aliphatic rings. The van der Waals surface area contributed by atoms with E-state index in [1.807, 2.05) is 0 Å². The van der Waals surface area contributed by atoms with E-state index in [0.29, 0.717) is 17.8 Å². The van der Waals surface area contributed by atoms with E-state index in [9.17, 15) is 15.0 Å². The van der Waals surface area contributed by atoms with Crippen LogP contribution in [0.3, 0.4) is 0 Å². The number of Topliss-reactive ketones (excluding diaryl/α,β-unsaturated/α-hetero) is 1. The van der Waals surface area contributed by atoms with Crippen LogP contribution in [0.5, 0.6) is 0 Å². The van der Waals surface area contributed by atoms with Gasteiger partial charge in [0.25, 0.3) is 0 Å². The molecule has 4 rings (SSSR count). The van der Waals surface area contributed by atoms with Crippen molar-refractivity contribution >= 4 is 5.78 Å². The van der Waals surface area contributed by atoms with Gasteiger partial charge in [-0.2, -0.15) is 0 Å². The molecule has 4 aliphatic carbocycles. The van der Waals surface area contributed by atoms with Crippen LogP contribution in [0.2, 0.25) is 0 Å². The molecule has 0 saturated heterocycles. The average molecular weight is 332 g/mol. The minimum absolute atomic E-state index is 0.0671. The fourth-order valence-electron chi connectivity index (χ4n) is 7.28. The predicted molar refractivity (Wildman–Crippen MR) is 93.3 cm³/mol. The van der Waals surface area contributed by atoms with Crippen molar-refractivity contribution in [1.29, 1.82) is 0 Å². The zero-order chi connectivity index (χ0) is 17.1. The van der Waals surface area contributed by atoms with Crippen LogP contribution < -0.4 is 0 Å². The number of hydrogen-bond donors (Lipinski definition) is 2. The summed E-state index contributed by atoms with van der Waals surface area (Å²) >= 11 is 0. The molecule has 3 heteroatoms. The Labute approximate surface area is 145 Å². The summed E-state index contributed by atoms with van der Waals surface area (Å²) in [7, 11) is 0. The quantitative estimate of drug-likeness (QED) is 0.761. The van der Waals surface area contributed by atoms with Crippen molar-refractivity contribution in [3.63, 3.8) is 0 Å². The van der Waals surface area contributed by atoms with Gasteiger partial charge in [0, 0.05) is 5.92 Å². The normalized spacial score (nSPS) is 50.5. The van der Waals surface area contributed by atoms with Crippen molar-refractivity contribution in [2.75, 3.05) is 6.61 Å². The van der Waals surface area contributed by atoms with Crippen molar-refractivity contribution in [1.82, 2.24) is 0 Å². The highest BCUT2D eigenvalue weighted by Crippen LogP contribution is 2.66. The first-order valence-corrected chi connectivity index (χ1v) is 9.91. The Kier molecular flexibility index (Phi) is 3.96. The maximum Gasteiger partial charge on any atom is 0.161 e. The van der Waals surface area contributed by atoms with Crippen LogP contribution >= 0.6 is 0 Å². The highest BCUT2D eigenvalue weighted by atomic mass is 16.3. The van der Waals surface area contributed by atoms with Gasteiger partial charge in [-0.05, 0) is 80.0 Å². The van der Waals surface area contributed by atoms with Crippen molar-refractivity contribution < 1.29 is 15.0 Å². The number of ketones is 1. The van der Waals surface area contributed by atoms with Crippen molar-refractivity contribution in [2.45, 2.75) is 71.3 Å². The van der Waals surface area contributed by atoms with Crippen LogP contribution in [-0.2, 0) is 4.79 Å². The molecule has 0 amide bonds. The monoisotopic (exact) mass is 332 g/mol. The van der Waals surface area contributed by atoms with E-state index in [2.05, 4.69) is 19.9 Å². The van der Waals surface area contributed by atoms with Crippen molar-refractivity contribution in [3.8, 4) is 0 Å². The van der Waals surface area contributed by atoms with Gasteiger partial charge in [-0.3, -0.25) is 4.79 Å². The Bertz CT molecular complexity index is 567. The summed E-state index contributed by atoms with van der Waals surface area (Å²) in [5, 5.41) is 19.4. The van der Waals surface area contributed by atoms with Gasteiger partial charge in [-0.25, -0.2) is 0 Å². The minimum atomic E-state index is -0.291. The summed E-state index contributed by atoms with van der Waals surface area (Å²) in [6.45, 7) is 4.47. The molecule has 2 N–H and O–H groups in total. The van der Waals surface area contributed by atoms with E-state index in [0.717, 1.165) is 44.9 Å². The highest BCUT2D eigenvalue weighted by molar-refractivity contribution is 5.83. The molecule has 7 atom stereocenters. The molecule has 0 radical (unpaired) electrons. The Balaban J connectivity index is 1.64. The molecule has 3 nitrogen and oxygen atoms in total. The maximum absolute atomic E-state index is 12.3. The summed E-state index contributed by atoms with van der Waals surface area (Å²) in [6.07, 6.45) is 10.8. The van der Waals surface area contributed by atoms with Gasteiger partial charge < -0.3 is 10.2 Å². The lowest BCUT2D eigenvalue weighted by Gasteiger charge is -2.57. The lowest BCUT2D eigenvalue weighted by atomic mass is 9.47. The fourth-order valence-corrected chi connectivity index (χ4v) is 7.28. The Morgan fingerprint density at radius 2 is 1.96 bits per heavy atom. The van der Waals surface area contributed by atoms with Gasteiger partial charge in [0.15, 0.2) is 5.78 Å². The van der Waals surface area contributed by atoms with Crippen LogP contribution in [-0.4, -0.2) is 28.7 Å². The number of carbonyl (C=O) groups is 1. The summed E-state index contributed by atoms with van der Waals surface area (Å²) in [5.74, 6) is 2.16. The van der Waals surface area contributed by atoms with E-state index in [1.54, 1.807) is 0 Å². The highest BCUT2D eigenvalue weighted by Gasteiger charge is 2.59. The van der Waals surface area contributed by atoms with Gasteiger partial charge in [-0.15, -0.1) is 0 Å². The summed E-state index contributed by atoms with van der Waals surface area (Å²) < 4.78 is 0. The molecule has 3 fully saturated rings. The predicted octanol–water partition coefficient (Wildman–Crippen LogP) is 3.49. The Morgan fingerprint density at radius 1 is 1.17 bits per heavy atom. The van der Waals surface area contributed by atoms with Crippen molar-refractivity contribution in [3.05, 3.63) is 11.6 Å². The second-order valence-corrected chi connectivity index (χ2v) is 9.45. The van der Waals surface area contributed by atoms with E-state index in [-0.39, 0.29) is 35.2 Å². The lowest BCUT2D eigenvalue weighted by Crippen LogP contribution is -2.51. The molecule has 0 aromatic rings. The van der Waals surface area contributed by atoms with Crippen LogP contribution in [0.25, 0.3) is 0 Å². The smallest absolute Gasteiger partial charge is 0.161 e. The van der Waals surface area contributed by atoms with Gasteiger partial charge in [0.2, 0.25) is 0 Å². The molecule has 0 aliphatic heterocycles. The van der Waals surface area contributed by atoms with Gasteiger partial charge in [0.1, 0.15) is 6.61 Å². The Morgan fingerprint density at radius 3 is 2.71 bits per heavy atom. The van der Waals surface area contributed by atoms with E-state index in [1.165, 1.54) is 12.0 Å². The molecule has 0 aromatic carbocycles. The molecular formula is C21H32O3. The fraction of sp³-hybridized carbons (Fsp3) is 0.857. The minimum Gasteiger partial charge on any atom is -0.393 e. The lowest BCUT2D eigenvalue weighted by molar-refractivity contribution is -0.132. The van der Waals surface area contributed by atoms with Gasteiger partial charge in [-0.1, -0.05) is 25.5 Å². The second kappa shape index (κ2) is 5.67. The number of carbonyl (C=O) groups excluding carboxylic acids is 1. The topological polar surface area (TPSA) is 57.5 Å². The van der Waals surface area contributed by atoms with Crippen LogP contribution in [0.4, 0.5) is 0 Å². The first-order chi connectivity index (χ1) is 11.4. The van der Waals surface area contributed by atoms with E-state index < -0.39 is 0 Å². The average Bonchev–Trinajstić information content (AvgIpc) is 2.92. The maximum atomic E-state index is 12.3. The van der Waals surface area contributed by atoms with Crippen LogP contribution in [0.1, 0.15) is 65.2 Å². The standard InChI is InChI=1S/C21H32O3/c1-20-9-7-14(23)11-13(20)3-4-15-16-5-6-18(19(24)12-22)21(16,2)10-8-17(15)20/h3,14-18,22-23H,4-12H2,1-2H3/t14-,15+,16+,17+,18-,20+,21+/m1/s1. The summed E-state index contributed by atoms with van der Waals surface area (Å²) in [6, 6.07) is 0. The number of aliphatic hydroxyl groups is 2. The second-order valence-electron chi connectivity index (χ2n) is 9.45. The largest absolute Gasteiger partial charge is 0.393 e. The number of rotatable bonds is 2. The Hall–Kier alpha value is -0.670. The third-order valence-corrected chi connectivity index (χ3v) is 8.62. The van der Waals surface area contributed by atoms with Gasteiger partial charge >= 0.3 is 0 Å². The first kappa shape index (κ1) is 16.8. The van der Waals surface area contributed by atoms with E-state index in [4.69, 9.17) is 0 Å². The van der Waals surface area contributed by atoms with Crippen LogP contribution in [0, 0.1) is 34.5 Å². The molecule has 134 valence electrons. The van der Waals surface area contributed by atoms with E-state index >= 15 is 0 Å². The third kappa shape index (κ3) is 2.20. The number of allylic oxidation sites excluding steroid dienone is 1. The molecule has 0 heterocycles. The molecule has 3 saturated carbocycles. The first-order valence-electron chi connectivity index (χ1n) is 9.91. The molecular weight excluding hydrogens is 300 g/mol. The molecule has 0 unspecified atom stereocenters. The molecule has 24 heavy (non-hydrogen) atoms. The molecule has 0 aromatic heterocycles. The van der Waals surface area contributed by atoms with Gasteiger partial charge in [0.05, 0.1) is 6.10 Å². The zero-order valence-corrected chi connectivity index (χ0v) is 15.1. The third-order valence-electron chi connectivity index (χ3n) is 8.62. The summed E-state index contributed by atoms with van der Waals surface area (Å²) in [5.41, 5.74) is 1.87. The number of fused-ring (bicyclic) bond motifs is 5. The molecule has 0 spiro atoms. The summed E-state index contributed by atoms with van der Waals surface area (Å²) in [4.78, 5) is 12.3. The SMILES string of the molecule is C[C@]12CC[C@H]3[C@@H](CC=C4C[C@H](O)CC[C@@]43C)[C@@H]1CC[C@@H]2C(=O)CO. The van der Waals surface area contributed by atoms with Crippen LogP contribution in [0.15, 0.2) is 11.6 Å². The number of aliphatic hydroxyl groups excluding tert-OH is 2. The zero-order valence-electron chi connectivity index (χ0n) is 15.1. The molecule has 0 bridgehead atoms. The number of hydrogen-bond acceptors (Lipinski definition) is 3. The van der Waals surface area contributed by atoms with Crippen molar-refractivity contribution in [2.24, 2.45) is 34.5 Å².